The maximum absolute atomic E-state index is 13.5. The van der Waals surface area contributed by atoms with Crippen LogP contribution < -0.4 is 0 Å². The molecule has 4 nitrogen and oxygen atoms in total. The Balaban J connectivity index is 1.30. The lowest BCUT2D eigenvalue weighted by Crippen LogP contribution is -2.65. The lowest BCUT2D eigenvalue weighted by atomic mass is 9.61. The predicted molar refractivity (Wildman–Crippen MR) is 125 cm³/mol. The average Bonchev–Trinajstić information content (AvgIpc) is 3.36. The molecule has 2 aliphatic carbocycles. The summed E-state index contributed by atoms with van der Waals surface area (Å²) in [5, 5.41) is 14.2. The Kier molecular flexibility index (Phi) is 4.38. The van der Waals surface area contributed by atoms with E-state index in [0.29, 0.717) is 12.3 Å². The molecule has 7 rings (SSSR count). The number of nitrogens with one attached hydrogen (secondary N) is 1. The quantitative estimate of drug-likeness (QED) is 0.561. The van der Waals surface area contributed by atoms with Gasteiger partial charge in [-0.3, -0.25) is 4.79 Å². The summed E-state index contributed by atoms with van der Waals surface area (Å²) in [6.07, 6.45) is 7.28. The third-order valence-electron chi connectivity index (χ3n) is 8.05. The number of amides is 1. The number of carbonyl (C=O) groups is 1. The summed E-state index contributed by atoms with van der Waals surface area (Å²) >= 11 is 1.77. The number of piperidine rings is 2. The maximum atomic E-state index is 13.5. The highest BCUT2D eigenvalue weighted by atomic mass is 32.1. The molecular formula is C26H30N2O2S. The number of nitrogens with zero attached hydrogens (tertiary/aromatic N) is 1. The van der Waals surface area contributed by atoms with Crippen LogP contribution in [0, 0.1) is 12.8 Å². The number of aryl methyl sites for hydroxylation is 1. The van der Waals surface area contributed by atoms with Crippen LogP contribution in [0.4, 0.5) is 0 Å². The van der Waals surface area contributed by atoms with Crippen molar-refractivity contribution in [2.24, 2.45) is 5.92 Å². The van der Waals surface area contributed by atoms with Crippen LogP contribution in [-0.4, -0.2) is 38.6 Å². The molecule has 2 aromatic heterocycles. The first-order valence-corrected chi connectivity index (χ1v) is 12.5. The van der Waals surface area contributed by atoms with Crippen molar-refractivity contribution in [3.8, 4) is 10.4 Å². The fraction of sp³-hybridized carbons (Fsp3) is 0.500. The molecule has 2 aliphatic heterocycles. The number of benzene rings is 1. The van der Waals surface area contributed by atoms with Gasteiger partial charge in [0.05, 0.1) is 5.60 Å². The molecule has 2 N–H and O–H groups in total. The van der Waals surface area contributed by atoms with Crippen LogP contribution in [0.15, 0.2) is 35.8 Å². The lowest BCUT2D eigenvalue weighted by molar-refractivity contribution is -0.174. The standard InChI is InChI=1S/C26H30N2O2S/c1-15-5-6-21-25(24(15)22-4-3-7-31-22)20(14-27-21)16(2)8-23(29)28-18-9-17-10-19(28)13-26(30,11-17)12-18/h3-7,14,16-19,27,30H,8-13H2,1-2H3. The summed E-state index contributed by atoms with van der Waals surface area (Å²) in [5.74, 6) is 1.01. The molecule has 5 heteroatoms. The van der Waals surface area contributed by atoms with Gasteiger partial charge in [-0.1, -0.05) is 19.1 Å². The van der Waals surface area contributed by atoms with E-state index >= 15 is 0 Å². The Morgan fingerprint density at radius 3 is 2.71 bits per heavy atom. The third-order valence-corrected chi connectivity index (χ3v) is 8.94. The van der Waals surface area contributed by atoms with E-state index in [1.54, 1.807) is 11.3 Å². The van der Waals surface area contributed by atoms with Crippen molar-refractivity contribution < 1.29 is 9.90 Å². The fourth-order valence-corrected chi connectivity index (χ4v) is 7.79. The normalized spacial score (nSPS) is 30.3. The van der Waals surface area contributed by atoms with Crippen molar-refractivity contribution in [2.45, 2.75) is 76.0 Å². The molecule has 162 valence electrons. The largest absolute Gasteiger partial charge is 0.390 e. The van der Waals surface area contributed by atoms with Gasteiger partial charge in [-0.25, -0.2) is 0 Å². The summed E-state index contributed by atoms with van der Waals surface area (Å²) in [4.78, 5) is 20.4. The van der Waals surface area contributed by atoms with E-state index in [-0.39, 0.29) is 23.9 Å². The minimum Gasteiger partial charge on any atom is -0.390 e. The molecule has 4 fully saturated rings. The Morgan fingerprint density at radius 2 is 2.03 bits per heavy atom. The van der Waals surface area contributed by atoms with Crippen molar-refractivity contribution in [2.75, 3.05) is 0 Å². The van der Waals surface area contributed by atoms with E-state index in [2.05, 4.69) is 59.6 Å². The second kappa shape index (κ2) is 6.94. The number of rotatable bonds is 4. The number of aliphatic hydroxyl groups is 1. The van der Waals surface area contributed by atoms with E-state index in [4.69, 9.17) is 0 Å². The Labute approximate surface area is 187 Å². The molecule has 4 heterocycles. The van der Waals surface area contributed by atoms with E-state index < -0.39 is 5.60 Å². The first kappa shape index (κ1) is 19.6. The molecule has 2 saturated carbocycles. The van der Waals surface area contributed by atoms with Crippen molar-refractivity contribution in [1.29, 1.82) is 0 Å². The molecule has 1 aromatic carbocycles. The second-order valence-corrected chi connectivity index (χ2v) is 11.2. The summed E-state index contributed by atoms with van der Waals surface area (Å²) in [7, 11) is 0. The molecule has 2 saturated heterocycles. The van der Waals surface area contributed by atoms with Gasteiger partial charge in [0.25, 0.3) is 0 Å². The zero-order valence-corrected chi connectivity index (χ0v) is 19.0. The van der Waals surface area contributed by atoms with Crippen LogP contribution in [-0.2, 0) is 4.79 Å². The average molecular weight is 435 g/mol. The van der Waals surface area contributed by atoms with Crippen LogP contribution in [0.25, 0.3) is 21.3 Å². The molecule has 3 unspecified atom stereocenters. The fourth-order valence-electron chi connectivity index (χ4n) is 6.95. The van der Waals surface area contributed by atoms with Crippen molar-refractivity contribution in [1.82, 2.24) is 9.88 Å². The van der Waals surface area contributed by atoms with Crippen molar-refractivity contribution in [3.63, 3.8) is 0 Å². The molecule has 1 amide bonds. The highest BCUT2D eigenvalue weighted by Gasteiger charge is 2.54. The van der Waals surface area contributed by atoms with Crippen LogP contribution >= 0.6 is 11.3 Å². The Bertz CT molecular complexity index is 1130. The number of hydrogen-bond donors (Lipinski definition) is 2. The molecule has 3 aromatic rings. The van der Waals surface area contributed by atoms with Gasteiger partial charge in [-0.05, 0) is 79.5 Å². The predicted octanol–water partition coefficient (Wildman–Crippen LogP) is 5.60. The molecule has 0 spiro atoms. The highest BCUT2D eigenvalue weighted by molar-refractivity contribution is 7.13. The van der Waals surface area contributed by atoms with Crippen LogP contribution in [0.1, 0.15) is 62.5 Å². The third kappa shape index (κ3) is 3.08. The number of carbonyl (C=O) groups excluding carboxylic acids is 1. The van der Waals surface area contributed by atoms with E-state index in [9.17, 15) is 9.90 Å². The minimum absolute atomic E-state index is 0.141. The van der Waals surface area contributed by atoms with E-state index in [0.717, 1.165) is 37.6 Å². The van der Waals surface area contributed by atoms with Crippen LogP contribution in [0.2, 0.25) is 0 Å². The van der Waals surface area contributed by atoms with E-state index in [1.165, 1.54) is 27.0 Å². The number of fused-ring (bicyclic) bond motifs is 1. The monoisotopic (exact) mass is 434 g/mol. The first-order chi connectivity index (χ1) is 14.9. The summed E-state index contributed by atoms with van der Waals surface area (Å²) in [6, 6.07) is 9.10. The van der Waals surface area contributed by atoms with Gasteiger partial charge in [-0.15, -0.1) is 11.3 Å². The molecular weight excluding hydrogens is 404 g/mol. The van der Waals surface area contributed by atoms with Gasteiger partial charge in [0.1, 0.15) is 0 Å². The smallest absolute Gasteiger partial charge is 0.223 e. The maximum Gasteiger partial charge on any atom is 0.223 e. The molecule has 4 aliphatic rings. The first-order valence-electron chi connectivity index (χ1n) is 11.6. The number of aromatic amines is 1. The van der Waals surface area contributed by atoms with Crippen molar-refractivity contribution >= 4 is 28.1 Å². The summed E-state index contributed by atoms with van der Waals surface area (Å²) in [5.41, 5.74) is 4.43. The number of aromatic nitrogens is 1. The second-order valence-electron chi connectivity index (χ2n) is 10.3. The topological polar surface area (TPSA) is 56.3 Å². The molecule has 0 radical (unpaired) electrons. The van der Waals surface area contributed by atoms with Crippen molar-refractivity contribution in [3.05, 3.63) is 47.0 Å². The number of hydrogen-bond acceptors (Lipinski definition) is 3. The SMILES string of the molecule is Cc1ccc2[nH]cc(C(C)CC(=O)N3C4CC5CC3CC(O)(C5)C4)c2c1-c1cccs1. The molecule has 3 atom stereocenters. The zero-order chi connectivity index (χ0) is 21.3. The summed E-state index contributed by atoms with van der Waals surface area (Å²) < 4.78 is 0. The molecule has 4 bridgehead atoms. The highest BCUT2D eigenvalue weighted by Crippen LogP contribution is 2.51. The number of thiophene rings is 1. The lowest BCUT2D eigenvalue weighted by Gasteiger charge is -2.59. The molecule has 31 heavy (non-hydrogen) atoms. The van der Waals surface area contributed by atoms with Gasteiger partial charge >= 0.3 is 0 Å². The summed E-state index contributed by atoms with van der Waals surface area (Å²) in [6.45, 7) is 4.36. The number of H-pyrrole nitrogens is 1. The van der Waals surface area contributed by atoms with Crippen LogP contribution in [0.5, 0.6) is 0 Å². The van der Waals surface area contributed by atoms with Gasteiger partial charge in [0.2, 0.25) is 5.91 Å². The van der Waals surface area contributed by atoms with Crippen LogP contribution in [0.3, 0.4) is 0 Å². The van der Waals surface area contributed by atoms with Gasteiger partial charge in [0.15, 0.2) is 0 Å². The van der Waals surface area contributed by atoms with Gasteiger partial charge in [-0.2, -0.15) is 0 Å². The Morgan fingerprint density at radius 1 is 1.26 bits per heavy atom. The van der Waals surface area contributed by atoms with E-state index in [1.807, 2.05) is 0 Å². The zero-order valence-electron chi connectivity index (χ0n) is 18.2. The Hall–Kier alpha value is -2.11. The van der Waals surface area contributed by atoms with Gasteiger partial charge < -0.3 is 15.0 Å². The van der Waals surface area contributed by atoms with Gasteiger partial charge in [0, 0.05) is 46.0 Å². The minimum atomic E-state index is -0.511.